The van der Waals surface area contributed by atoms with E-state index in [2.05, 4.69) is 24.3 Å². The Kier molecular flexibility index (Phi) is 6.35. The minimum atomic E-state index is -0.374. The molecule has 31 heavy (non-hydrogen) atoms. The van der Waals surface area contributed by atoms with Crippen molar-refractivity contribution < 1.29 is 14.9 Å². The molecule has 0 amide bonds. The van der Waals surface area contributed by atoms with Crippen LogP contribution in [0.4, 0.5) is 0 Å². The van der Waals surface area contributed by atoms with Crippen molar-refractivity contribution >= 4 is 11.2 Å². The third-order valence-corrected chi connectivity index (χ3v) is 6.34. The topological polar surface area (TPSA) is 90.9 Å². The van der Waals surface area contributed by atoms with Crippen LogP contribution in [0.15, 0.2) is 39.9 Å². The minimum Gasteiger partial charge on any atom is -0.396 e. The van der Waals surface area contributed by atoms with Gasteiger partial charge in [0.1, 0.15) is 39.3 Å². The van der Waals surface area contributed by atoms with Gasteiger partial charge in [-0.15, -0.1) is 0 Å². The Morgan fingerprint density at radius 1 is 0.968 bits per heavy atom. The van der Waals surface area contributed by atoms with Crippen molar-refractivity contribution in [1.82, 2.24) is 18.7 Å². The summed E-state index contributed by atoms with van der Waals surface area (Å²) in [7, 11) is 3.14. The number of hydrogen-bond acceptors (Lipinski definition) is 4. The first kappa shape index (κ1) is 21.5. The molecule has 3 aromatic rings. The normalized spacial score (nSPS) is 19.2. The number of rotatable bonds is 7. The summed E-state index contributed by atoms with van der Waals surface area (Å²) in [6.45, 7) is 6.53. The van der Waals surface area contributed by atoms with E-state index >= 15 is 0 Å². The van der Waals surface area contributed by atoms with Gasteiger partial charge in [0.2, 0.25) is 0 Å². The molecule has 166 valence electrons. The van der Waals surface area contributed by atoms with Gasteiger partial charge in [0, 0.05) is 32.8 Å². The maximum absolute atomic E-state index is 12.8. The van der Waals surface area contributed by atoms with Gasteiger partial charge in [0.25, 0.3) is 5.56 Å². The maximum Gasteiger partial charge on any atom is 0.332 e. The largest absolute Gasteiger partial charge is 0.396 e. The predicted octanol–water partition coefficient (Wildman–Crippen LogP) is -2.70. The fourth-order valence-corrected chi connectivity index (χ4v) is 4.52. The van der Waals surface area contributed by atoms with Gasteiger partial charge in [-0.2, -0.15) is 0 Å². The first-order chi connectivity index (χ1) is 15.0. The highest BCUT2D eigenvalue weighted by Crippen LogP contribution is 2.11. The predicted molar refractivity (Wildman–Crippen MR) is 117 cm³/mol. The molecule has 4 rings (SSSR count). The number of aromatic nitrogens is 4. The van der Waals surface area contributed by atoms with Crippen molar-refractivity contribution in [3.63, 3.8) is 0 Å². The zero-order valence-electron chi connectivity index (χ0n) is 18.3. The van der Waals surface area contributed by atoms with Crippen molar-refractivity contribution in [2.75, 3.05) is 32.8 Å². The second-order valence-corrected chi connectivity index (χ2v) is 8.47. The Hall–Kier alpha value is -2.75. The Bertz CT molecular complexity index is 1160. The van der Waals surface area contributed by atoms with Gasteiger partial charge in [0.15, 0.2) is 17.0 Å². The molecule has 0 aliphatic carbocycles. The first-order valence-corrected chi connectivity index (χ1v) is 11.0. The molecule has 1 aliphatic heterocycles. The maximum atomic E-state index is 12.8. The van der Waals surface area contributed by atoms with Crippen molar-refractivity contribution in [1.29, 1.82) is 0 Å². The van der Waals surface area contributed by atoms with Crippen molar-refractivity contribution in [3.05, 3.63) is 62.6 Å². The molecule has 0 radical (unpaired) electrons. The smallest absolute Gasteiger partial charge is 0.332 e. The molecule has 0 saturated carbocycles. The van der Waals surface area contributed by atoms with E-state index in [0.717, 1.165) is 43.1 Å². The highest BCUT2D eigenvalue weighted by molar-refractivity contribution is 5.71. The standard InChI is InChI=1S/C22H30N6O3/c1-24-20-19(21(30)25(2)22(24)31)28(9-6-14-29)18(23-20)16-27-12-10-26(11-13-27)15-17-7-4-3-5-8-17/h3-5,7-8,29H,6,9-16H2,1-2H3/p+2. The summed E-state index contributed by atoms with van der Waals surface area (Å²) in [6, 6.07) is 10.6. The van der Waals surface area contributed by atoms with Crippen LogP contribution < -0.4 is 21.0 Å². The van der Waals surface area contributed by atoms with Crippen molar-refractivity contribution in [2.45, 2.75) is 26.1 Å². The number of quaternary nitrogens is 2. The third-order valence-electron chi connectivity index (χ3n) is 6.34. The second kappa shape index (κ2) is 9.17. The lowest BCUT2D eigenvalue weighted by atomic mass is 10.2. The highest BCUT2D eigenvalue weighted by Gasteiger charge is 2.26. The quantitative estimate of drug-likeness (QED) is 0.382. The SMILES string of the molecule is Cn1c(=O)c2c(nc(C[NH+]3CC[NH+](Cc4ccccc4)CC3)n2CCCO)n(C)c1=O. The van der Waals surface area contributed by atoms with Crippen LogP contribution in [0.2, 0.25) is 0 Å². The lowest BCUT2D eigenvalue weighted by molar-refractivity contribution is -1.02. The summed E-state index contributed by atoms with van der Waals surface area (Å²) in [5.41, 5.74) is 1.53. The number of aryl methyl sites for hydroxylation is 2. The molecule has 1 saturated heterocycles. The number of nitrogens with zero attached hydrogens (tertiary/aromatic N) is 4. The van der Waals surface area contributed by atoms with E-state index in [1.807, 2.05) is 10.6 Å². The van der Waals surface area contributed by atoms with Gasteiger partial charge in [-0.05, 0) is 6.42 Å². The molecule has 3 heterocycles. The van der Waals surface area contributed by atoms with E-state index in [0.29, 0.717) is 30.7 Å². The van der Waals surface area contributed by atoms with Crippen molar-refractivity contribution in [2.24, 2.45) is 14.1 Å². The molecule has 2 aromatic heterocycles. The fraction of sp³-hybridized carbons (Fsp3) is 0.500. The molecule has 0 atom stereocenters. The number of piperazine rings is 1. The molecule has 0 unspecified atom stereocenters. The molecule has 1 aliphatic rings. The van der Waals surface area contributed by atoms with Gasteiger partial charge in [-0.25, -0.2) is 9.78 Å². The Labute approximate surface area is 180 Å². The van der Waals surface area contributed by atoms with Crippen LogP contribution in [0.1, 0.15) is 17.8 Å². The van der Waals surface area contributed by atoms with Crippen LogP contribution in [0.5, 0.6) is 0 Å². The number of hydrogen-bond donors (Lipinski definition) is 3. The van der Waals surface area contributed by atoms with Gasteiger partial charge in [0.05, 0.1) is 0 Å². The number of imidazole rings is 1. The molecular formula is C22H32N6O3+2. The van der Waals surface area contributed by atoms with Gasteiger partial charge in [-0.3, -0.25) is 13.9 Å². The van der Waals surface area contributed by atoms with Crippen LogP contribution in [0.25, 0.3) is 11.2 Å². The Morgan fingerprint density at radius 3 is 2.26 bits per heavy atom. The number of aliphatic hydroxyl groups excluding tert-OH is 1. The van der Waals surface area contributed by atoms with Crippen LogP contribution >= 0.6 is 0 Å². The lowest BCUT2D eigenvalue weighted by Crippen LogP contribution is -3.27. The van der Waals surface area contributed by atoms with Crippen LogP contribution in [-0.2, 0) is 33.7 Å². The average Bonchev–Trinajstić information content (AvgIpc) is 3.15. The molecule has 9 nitrogen and oxygen atoms in total. The summed E-state index contributed by atoms with van der Waals surface area (Å²) in [5, 5.41) is 9.34. The fourth-order valence-electron chi connectivity index (χ4n) is 4.52. The number of aliphatic hydroxyl groups is 1. The highest BCUT2D eigenvalue weighted by atomic mass is 16.3. The average molecular weight is 429 g/mol. The summed E-state index contributed by atoms with van der Waals surface area (Å²) < 4.78 is 4.47. The van der Waals surface area contributed by atoms with E-state index in [4.69, 9.17) is 4.98 Å². The molecule has 0 spiro atoms. The van der Waals surface area contributed by atoms with Crippen molar-refractivity contribution in [3.8, 4) is 0 Å². The zero-order chi connectivity index (χ0) is 22.0. The Morgan fingerprint density at radius 2 is 1.61 bits per heavy atom. The third kappa shape index (κ3) is 4.34. The first-order valence-electron chi connectivity index (χ1n) is 11.0. The molecule has 3 N–H and O–H groups in total. The van der Waals surface area contributed by atoms with E-state index in [9.17, 15) is 14.7 Å². The van der Waals surface area contributed by atoms with Crippen LogP contribution in [-0.4, -0.2) is 56.6 Å². The molecule has 1 aromatic carbocycles. The van der Waals surface area contributed by atoms with Gasteiger partial charge in [-0.1, -0.05) is 30.3 Å². The molecule has 0 bridgehead atoms. The summed E-state index contributed by atoms with van der Waals surface area (Å²) >= 11 is 0. The molecular weight excluding hydrogens is 396 g/mol. The minimum absolute atomic E-state index is 0.0412. The van der Waals surface area contributed by atoms with Crippen LogP contribution in [0, 0.1) is 0 Å². The number of benzene rings is 1. The second-order valence-electron chi connectivity index (χ2n) is 8.47. The van der Waals surface area contributed by atoms with Crippen LogP contribution in [0.3, 0.4) is 0 Å². The Balaban J connectivity index is 1.54. The van der Waals surface area contributed by atoms with E-state index in [-0.39, 0.29) is 17.9 Å². The number of fused-ring (bicyclic) bond motifs is 1. The summed E-state index contributed by atoms with van der Waals surface area (Å²) in [5.74, 6) is 0.809. The lowest BCUT2D eigenvalue weighted by Gasteiger charge is -2.29. The molecule has 9 heteroatoms. The van der Waals surface area contributed by atoms with E-state index < -0.39 is 0 Å². The van der Waals surface area contributed by atoms with E-state index in [1.165, 1.54) is 22.1 Å². The zero-order valence-corrected chi connectivity index (χ0v) is 18.3. The number of nitrogens with one attached hydrogen (secondary N) is 2. The monoisotopic (exact) mass is 428 g/mol. The van der Waals surface area contributed by atoms with Gasteiger partial charge >= 0.3 is 5.69 Å². The van der Waals surface area contributed by atoms with E-state index in [1.54, 1.807) is 11.9 Å². The molecule has 1 fully saturated rings. The van der Waals surface area contributed by atoms with Gasteiger partial charge < -0.3 is 19.5 Å². The summed E-state index contributed by atoms with van der Waals surface area (Å²) in [6.07, 6.45) is 0.536. The summed E-state index contributed by atoms with van der Waals surface area (Å²) in [4.78, 5) is 32.9.